The summed E-state index contributed by atoms with van der Waals surface area (Å²) in [5, 5.41) is 0. The van der Waals surface area contributed by atoms with Crippen LogP contribution in [0.4, 0.5) is 5.95 Å². The molecular weight excluding hydrogens is 312 g/mol. The number of nitrogens with two attached hydrogens (primary N) is 1. The molecule has 2 aromatic heterocycles. The fraction of sp³-hybridized carbons (Fsp3) is 0.150. The van der Waals surface area contributed by atoms with Crippen LogP contribution in [0.1, 0.15) is 23.7 Å². The molecule has 0 amide bonds. The maximum Gasteiger partial charge on any atom is 0.220 e. The van der Waals surface area contributed by atoms with Crippen molar-refractivity contribution in [3.63, 3.8) is 0 Å². The first-order valence-corrected chi connectivity index (χ1v) is 7.96. The second-order valence-electron chi connectivity index (χ2n) is 5.34. The number of nitrogens with zero attached hydrogens (tertiary/aromatic N) is 3. The first kappa shape index (κ1) is 16.5. The fourth-order valence-electron chi connectivity index (χ4n) is 2.40. The molecule has 2 heterocycles. The van der Waals surface area contributed by atoms with Gasteiger partial charge in [0.1, 0.15) is 5.75 Å². The third-order valence-electron chi connectivity index (χ3n) is 3.54. The summed E-state index contributed by atoms with van der Waals surface area (Å²) in [5.74, 6) is 7.31. The number of pyridine rings is 1. The Morgan fingerprint density at radius 3 is 2.56 bits per heavy atom. The highest BCUT2D eigenvalue weighted by molar-refractivity contribution is 5.70. The van der Waals surface area contributed by atoms with Crippen LogP contribution in [0, 0.1) is 18.8 Å². The zero-order valence-electron chi connectivity index (χ0n) is 14.2. The van der Waals surface area contributed by atoms with Gasteiger partial charge in [-0.2, -0.15) is 0 Å². The van der Waals surface area contributed by atoms with Gasteiger partial charge in [-0.1, -0.05) is 11.8 Å². The van der Waals surface area contributed by atoms with Crippen molar-refractivity contribution in [3.8, 4) is 28.8 Å². The number of benzene rings is 1. The Morgan fingerprint density at radius 2 is 1.88 bits per heavy atom. The number of nitrogen functional groups attached to an aromatic ring is 1. The molecule has 0 aliphatic carbocycles. The molecule has 1 aromatic carbocycles. The van der Waals surface area contributed by atoms with Gasteiger partial charge in [-0.25, -0.2) is 9.97 Å². The minimum absolute atomic E-state index is 0.230. The normalized spacial score (nSPS) is 10.0. The quantitative estimate of drug-likeness (QED) is 0.746. The van der Waals surface area contributed by atoms with Gasteiger partial charge >= 0.3 is 0 Å². The molecule has 5 nitrogen and oxygen atoms in total. The van der Waals surface area contributed by atoms with E-state index < -0.39 is 0 Å². The SMILES string of the molecule is CCOc1ccc(-c2nc(N)nc(C)c2C#Cc2cccnc2)cc1. The lowest BCUT2D eigenvalue weighted by atomic mass is 10.0. The smallest absolute Gasteiger partial charge is 0.220 e. The van der Waals surface area contributed by atoms with Gasteiger partial charge in [0.15, 0.2) is 0 Å². The molecule has 0 saturated heterocycles. The highest BCUT2D eigenvalue weighted by atomic mass is 16.5. The van der Waals surface area contributed by atoms with E-state index in [4.69, 9.17) is 10.5 Å². The van der Waals surface area contributed by atoms with E-state index in [0.717, 1.165) is 28.1 Å². The number of ether oxygens (including phenoxy) is 1. The van der Waals surface area contributed by atoms with E-state index in [0.29, 0.717) is 12.3 Å². The summed E-state index contributed by atoms with van der Waals surface area (Å²) in [7, 11) is 0. The predicted octanol–water partition coefficient (Wildman–Crippen LogP) is 3.23. The fourth-order valence-corrected chi connectivity index (χ4v) is 2.40. The average Bonchev–Trinajstić information content (AvgIpc) is 2.62. The zero-order chi connectivity index (χ0) is 17.6. The Kier molecular flexibility index (Phi) is 4.91. The Hall–Kier alpha value is -3.39. The Balaban J connectivity index is 2.05. The van der Waals surface area contributed by atoms with Crippen LogP contribution in [0.25, 0.3) is 11.3 Å². The molecule has 3 aromatic rings. The largest absolute Gasteiger partial charge is 0.494 e. The van der Waals surface area contributed by atoms with Gasteiger partial charge in [0.2, 0.25) is 5.95 Å². The molecule has 0 atom stereocenters. The third-order valence-corrected chi connectivity index (χ3v) is 3.54. The summed E-state index contributed by atoms with van der Waals surface area (Å²) in [4.78, 5) is 12.7. The number of rotatable bonds is 3. The summed E-state index contributed by atoms with van der Waals surface area (Å²) in [6, 6.07) is 11.5. The van der Waals surface area contributed by atoms with E-state index in [1.54, 1.807) is 12.4 Å². The Bertz CT molecular complexity index is 926. The number of aromatic nitrogens is 3. The van der Waals surface area contributed by atoms with Crippen molar-refractivity contribution in [2.24, 2.45) is 0 Å². The minimum Gasteiger partial charge on any atom is -0.494 e. The first-order chi connectivity index (χ1) is 12.2. The van der Waals surface area contributed by atoms with Crippen LogP contribution in [0.15, 0.2) is 48.8 Å². The van der Waals surface area contributed by atoms with Crippen molar-refractivity contribution >= 4 is 5.95 Å². The van der Waals surface area contributed by atoms with Crippen LogP contribution >= 0.6 is 0 Å². The van der Waals surface area contributed by atoms with Gasteiger partial charge in [-0.05, 0) is 50.2 Å². The standard InChI is InChI=1S/C20H18N4O/c1-3-25-17-9-7-16(8-10-17)19-18(14(2)23-20(21)24-19)11-6-15-5-4-12-22-13-15/h4-5,7-10,12-13H,3H2,1-2H3,(H2,21,23,24). The molecule has 3 rings (SSSR count). The lowest BCUT2D eigenvalue weighted by molar-refractivity contribution is 0.340. The van der Waals surface area contributed by atoms with Crippen molar-refractivity contribution in [1.29, 1.82) is 0 Å². The molecular formula is C20H18N4O. The van der Waals surface area contributed by atoms with Gasteiger partial charge in [0.05, 0.1) is 23.6 Å². The number of hydrogen-bond donors (Lipinski definition) is 1. The van der Waals surface area contributed by atoms with Crippen LogP contribution in [0.2, 0.25) is 0 Å². The van der Waals surface area contributed by atoms with Gasteiger partial charge in [-0.15, -0.1) is 0 Å². The lowest BCUT2D eigenvalue weighted by Crippen LogP contribution is -2.03. The molecule has 0 bridgehead atoms. The summed E-state index contributed by atoms with van der Waals surface area (Å²) < 4.78 is 5.49. The first-order valence-electron chi connectivity index (χ1n) is 7.96. The zero-order valence-corrected chi connectivity index (χ0v) is 14.2. The summed E-state index contributed by atoms with van der Waals surface area (Å²) in [6.07, 6.45) is 3.44. The number of anilines is 1. The average molecular weight is 330 g/mol. The highest BCUT2D eigenvalue weighted by Crippen LogP contribution is 2.26. The summed E-state index contributed by atoms with van der Waals surface area (Å²) >= 11 is 0. The summed E-state index contributed by atoms with van der Waals surface area (Å²) in [6.45, 7) is 4.46. The Morgan fingerprint density at radius 1 is 1.08 bits per heavy atom. The van der Waals surface area contributed by atoms with E-state index in [1.165, 1.54) is 0 Å². The second kappa shape index (κ2) is 7.45. The van der Waals surface area contributed by atoms with Gasteiger partial charge < -0.3 is 10.5 Å². The van der Waals surface area contributed by atoms with Crippen LogP contribution in [0.5, 0.6) is 5.75 Å². The van der Waals surface area contributed by atoms with Crippen molar-refractivity contribution in [2.75, 3.05) is 12.3 Å². The molecule has 0 aliphatic rings. The van der Waals surface area contributed by atoms with Crippen LogP contribution in [-0.4, -0.2) is 21.6 Å². The molecule has 0 unspecified atom stereocenters. The van der Waals surface area contributed by atoms with Gasteiger partial charge in [0.25, 0.3) is 0 Å². The molecule has 25 heavy (non-hydrogen) atoms. The second-order valence-corrected chi connectivity index (χ2v) is 5.34. The van der Waals surface area contributed by atoms with Crippen molar-refractivity contribution in [1.82, 2.24) is 15.0 Å². The molecule has 0 radical (unpaired) electrons. The number of aryl methyl sites for hydroxylation is 1. The number of hydrogen-bond acceptors (Lipinski definition) is 5. The van der Waals surface area contributed by atoms with E-state index in [-0.39, 0.29) is 5.95 Å². The van der Waals surface area contributed by atoms with E-state index >= 15 is 0 Å². The van der Waals surface area contributed by atoms with E-state index in [1.807, 2.05) is 50.2 Å². The lowest BCUT2D eigenvalue weighted by Gasteiger charge is -2.09. The van der Waals surface area contributed by atoms with E-state index in [9.17, 15) is 0 Å². The van der Waals surface area contributed by atoms with Crippen LogP contribution in [0.3, 0.4) is 0 Å². The van der Waals surface area contributed by atoms with E-state index in [2.05, 4.69) is 26.8 Å². The maximum atomic E-state index is 5.85. The molecule has 0 fully saturated rings. The minimum atomic E-state index is 0.230. The molecule has 2 N–H and O–H groups in total. The topological polar surface area (TPSA) is 73.9 Å². The predicted molar refractivity (Wildman–Crippen MR) is 98.0 cm³/mol. The van der Waals surface area contributed by atoms with Crippen molar-refractivity contribution in [2.45, 2.75) is 13.8 Å². The molecule has 0 spiro atoms. The van der Waals surface area contributed by atoms with Crippen LogP contribution < -0.4 is 10.5 Å². The molecule has 0 aliphatic heterocycles. The maximum absolute atomic E-state index is 5.85. The highest BCUT2D eigenvalue weighted by Gasteiger charge is 2.11. The van der Waals surface area contributed by atoms with Crippen molar-refractivity contribution in [3.05, 3.63) is 65.6 Å². The molecule has 5 heteroatoms. The van der Waals surface area contributed by atoms with Gasteiger partial charge in [0, 0.05) is 23.5 Å². The third kappa shape index (κ3) is 3.93. The summed E-state index contributed by atoms with van der Waals surface area (Å²) in [5.41, 5.74) is 9.80. The monoisotopic (exact) mass is 330 g/mol. The van der Waals surface area contributed by atoms with Crippen molar-refractivity contribution < 1.29 is 4.74 Å². The Labute approximate surface area is 146 Å². The van der Waals surface area contributed by atoms with Gasteiger partial charge in [-0.3, -0.25) is 4.98 Å². The molecule has 0 saturated carbocycles. The molecule has 124 valence electrons. The van der Waals surface area contributed by atoms with Crippen LogP contribution in [-0.2, 0) is 0 Å².